The molecule has 1 N–H and O–H groups in total. The molecule has 2 aliphatic rings. The Labute approximate surface area is 127 Å². The quantitative estimate of drug-likeness (QED) is 0.905. The summed E-state index contributed by atoms with van der Waals surface area (Å²) in [7, 11) is 0. The Kier molecular flexibility index (Phi) is 4.39. The molecule has 1 fully saturated rings. The van der Waals surface area contributed by atoms with Gasteiger partial charge in [-0.1, -0.05) is 36.4 Å². The minimum atomic E-state index is 0.216. The molecule has 0 saturated carbocycles. The molecule has 2 heterocycles. The number of piperidine rings is 1. The average Bonchev–Trinajstić information content (AvgIpc) is 2.55. The molecule has 2 unspecified atom stereocenters. The number of carbonyl (C=O) groups is 1. The van der Waals surface area contributed by atoms with Crippen molar-refractivity contribution in [2.45, 2.75) is 32.2 Å². The Bertz CT molecular complexity index is 523. The highest BCUT2D eigenvalue weighted by Gasteiger charge is 2.29. The Morgan fingerprint density at radius 3 is 2.76 bits per heavy atom. The summed E-state index contributed by atoms with van der Waals surface area (Å²) >= 11 is 0. The Morgan fingerprint density at radius 1 is 1.29 bits per heavy atom. The molecule has 0 radical (unpaired) electrons. The summed E-state index contributed by atoms with van der Waals surface area (Å²) in [4.78, 5) is 14.6. The third-order valence-electron chi connectivity index (χ3n) is 4.64. The fraction of sp³-hybridized carbons (Fsp3) is 0.500. The number of rotatable bonds is 2. The molecule has 0 spiro atoms. The van der Waals surface area contributed by atoms with Crippen LogP contribution >= 0.6 is 0 Å². The molecule has 3 nitrogen and oxygen atoms in total. The molecule has 0 bridgehead atoms. The molecule has 1 aromatic rings. The second-order valence-electron chi connectivity index (χ2n) is 6.21. The number of hydrogen-bond acceptors (Lipinski definition) is 2. The highest BCUT2D eigenvalue weighted by atomic mass is 16.2. The van der Waals surface area contributed by atoms with Crippen LogP contribution in [0, 0.1) is 5.92 Å². The molecule has 0 aromatic heterocycles. The van der Waals surface area contributed by atoms with E-state index in [0.29, 0.717) is 11.9 Å². The van der Waals surface area contributed by atoms with Crippen LogP contribution in [0.15, 0.2) is 36.4 Å². The smallest absolute Gasteiger partial charge is 0.226 e. The van der Waals surface area contributed by atoms with E-state index in [1.165, 1.54) is 11.1 Å². The van der Waals surface area contributed by atoms with Gasteiger partial charge in [0.05, 0.1) is 0 Å². The van der Waals surface area contributed by atoms with Gasteiger partial charge >= 0.3 is 0 Å². The molecule has 2 atom stereocenters. The van der Waals surface area contributed by atoms with Crippen molar-refractivity contribution in [3.63, 3.8) is 0 Å². The van der Waals surface area contributed by atoms with Crippen LogP contribution in [0.4, 0.5) is 0 Å². The zero-order valence-corrected chi connectivity index (χ0v) is 12.7. The average molecular weight is 284 g/mol. The summed E-state index contributed by atoms with van der Waals surface area (Å²) in [5.41, 5.74) is 2.67. The van der Waals surface area contributed by atoms with E-state index in [0.717, 1.165) is 38.9 Å². The van der Waals surface area contributed by atoms with Crippen molar-refractivity contribution >= 4 is 11.5 Å². The summed E-state index contributed by atoms with van der Waals surface area (Å²) in [6.07, 6.45) is 5.15. The summed E-state index contributed by atoms with van der Waals surface area (Å²) in [5.74, 6) is 0.569. The highest BCUT2D eigenvalue weighted by molar-refractivity contribution is 5.80. The number of nitrogens with zero attached hydrogens (tertiary/aromatic N) is 1. The van der Waals surface area contributed by atoms with E-state index in [1.807, 2.05) is 11.0 Å². The van der Waals surface area contributed by atoms with Crippen LogP contribution in [0.25, 0.3) is 5.57 Å². The first-order chi connectivity index (χ1) is 10.2. The van der Waals surface area contributed by atoms with E-state index in [9.17, 15) is 4.79 Å². The van der Waals surface area contributed by atoms with E-state index in [2.05, 4.69) is 42.6 Å². The van der Waals surface area contributed by atoms with Crippen LogP contribution in [-0.2, 0) is 4.79 Å². The molecule has 2 aliphatic heterocycles. The highest BCUT2D eigenvalue weighted by Crippen LogP contribution is 2.25. The van der Waals surface area contributed by atoms with Crippen molar-refractivity contribution in [1.29, 1.82) is 0 Å². The lowest BCUT2D eigenvalue weighted by atomic mass is 9.91. The first-order valence-electron chi connectivity index (χ1n) is 8.00. The molecule has 3 rings (SSSR count). The van der Waals surface area contributed by atoms with Crippen LogP contribution in [0.5, 0.6) is 0 Å². The maximum Gasteiger partial charge on any atom is 0.226 e. The van der Waals surface area contributed by atoms with Crippen LogP contribution in [0.2, 0.25) is 0 Å². The van der Waals surface area contributed by atoms with Gasteiger partial charge in [0.15, 0.2) is 0 Å². The molecular formula is C18H24N2O. The standard InChI is InChI=1S/C18H24N2O/c1-14-13-17(7-10-19-14)18(21)20-11-8-16(9-12-20)15-5-3-2-4-6-15/h2-6,8,14,17,19H,7,9-13H2,1H3. The molecule has 0 aliphatic carbocycles. The molecule has 1 aromatic carbocycles. The fourth-order valence-corrected chi connectivity index (χ4v) is 3.40. The Hall–Kier alpha value is -1.61. The molecule has 3 heteroatoms. The van der Waals surface area contributed by atoms with Gasteiger partial charge in [-0.25, -0.2) is 0 Å². The van der Waals surface area contributed by atoms with E-state index in [4.69, 9.17) is 0 Å². The summed E-state index contributed by atoms with van der Waals surface area (Å²) in [5, 5.41) is 3.42. The number of nitrogens with one attached hydrogen (secondary N) is 1. The summed E-state index contributed by atoms with van der Waals surface area (Å²) in [6.45, 7) is 4.76. The van der Waals surface area contributed by atoms with Gasteiger partial charge in [0.1, 0.15) is 0 Å². The van der Waals surface area contributed by atoms with Gasteiger partial charge in [0.25, 0.3) is 0 Å². The van der Waals surface area contributed by atoms with Gasteiger partial charge in [0, 0.05) is 25.0 Å². The van der Waals surface area contributed by atoms with E-state index < -0.39 is 0 Å². The molecule has 112 valence electrons. The summed E-state index contributed by atoms with van der Waals surface area (Å²) < 4.78 is 0. The number of carbonyl (C=O) groups excluding carboxylic acids is 1. The predicted molar refractivity (Wildman–Crippen MR) is 85.8 cm³/mol. The van der Waals surface area contributed by atoms with Crippen molar-refractivity contribution in [1.82, 2.24) is 10.2 Å². The lowest BCUT2D eigenvalue weighted by Crippen LogP contribution is -2.45. The van der Waals surface area contributed by atoms with E-state index in [1.54, 1.807) is 0 Å². The largest absolute Gasteiger partial charge is 0.338 e. The zero-order chi connectivity index (χ0) is 14.7. The summed E-state index contributed by atoms with van der Waals surface area (Å²) in [6, 6.07) is 11.0. The van der Waals surface area contributed by atoms with Gasteiger partial charge in [-0.15, -0.1) is 0 Å². The molecule has 1 amide bonds. The van der Waals surface area contributed by atoms with Crippen molar-refractivity contribution in [2.75, 3.05) is 19.6 Å². The monoisotopic (exact) mass is 284 g/mol. The minimum absolute atomic E-state index is 0.216. The van der Waals surface area contributed by atoms with Crippen molar-refractivity contribution < 1.29 is 4.79 Å². The van der Waals surface area contributed by atoms with Crippen LogP contribution < -0.4 is 5.32 Å². The molecular weight excluding hydrogens is 260 g/mol. The first-order valence-corrected chi connectivity index (χ1v) is 8.00. The second kappa shape index (κ2) is 6.44. The predicted octanol–water partition coefficient (Wildman–Crippen LogP) is 2.69. The molecule has 21 heavy (non-hydrogen) atoms. The van der Waals surface area contributed by atoms with Crippen molar-refractivity contribution in [2.24, 2.45) is 5.92 Å². The maximum absolute atomic E-state index is 12.6. The van der Waals surface area contributed by atoms with Crippen molar-refractivity contribution in [3.05, 3.63) is 42.0 Å². The van der Waals surface area contributed by atoms with Gasteiger partial charge < -0.3 is 10.2 Å². The van der Waals surface area contributed by atoms with Crippen LogP contribution in [0.1, 0.15) is 31.7 Å². The van der Waals surface area contributed by atoms with E-state index >= 15 is 0 Å². The van der Waals surface area contributed by atoms with Gasteiger partial charge in [-0.2, -0.15) is 0 Å². The topological polar surface area (TPSA) is 32.3 Å². The van der Waals surface area contributed by atoms with Crippen LogP contribution in [0.3, 0.4) is 0 Å². The Balaban J connectivity index is 1.62. The maximum atomic E-state index is 12.6. The number of hydrogen-bond donors (Lipinski definition) is 1. The lowest BCUT2D eigenvalue weighted by Gasteiger charge is -2.33. The minimum Gasteiger partial charge on any atom is -0.338 e. The fourth-order valence-electron chi connectivity index (χ4n) is 3.40. The third kappa shape index (κ3) is 3.35. The third-order valence-corrected chi connectivity index (χ3v) is 4.64. The van der Waals surface area contributed by atoms with Gasteiger partial charge in [-0.3, -0.25) is 4.79 Å². The van der Waals surface area contributed by atoms with Gasteiger partial charge in [-0.05, 0) is 43.9 Å². The second-order valence-corrected chi connectivity index (χ2v) is 6.21. The number of benzene rings is 1. The van der Waals surface area contributed by atoms with Crippen molar-refractivity contribution in [3.8, 4) is 0 Å². The molecule has 1 saturated heterocycles. The zero-order valence-electron chi connectivity index (χ0n) is 12.7. The van der Waals surface area contributed by atoms with Crippen LogP contribution in [-0.4, -0.2) is 36.5 Å². The Morgan fingerprint density at radius 2 is 2.10 bits per heavy atom. The first kappa shape index (κ1) is 14.3. The van der Waals surface area contributed by atoms with E-state index in [-0.39, 0.29) is 5.92 Å². The van der Waals surface area contributed by atoms with Gasteiger partial charge in [0.2, 0.25) is 5.91 Å². The SMILES string of the molecule is CC1CC(C(=O)N2CC=C(c3ccccc3)CC2)CCN1. The normalized spacial score (nSPS) is 26.3. The number of amides is 1. The lowest BCUT2D eigenvalue weighted by molar-refractivity contribution is -0.136.